The van der Waals surface area contributed by atoms with Crippen LogP contribution in [0.3, 0.4) is 0 Å². The molecule has 0 aromatic heterocycles. The van der Waals surface area contributed by atoms with Crippen molar-refractivity contribution in [1.29, 1.82) is 0 Å². The van der Waals surface area contributed by atoms with Crippen LogP contribution >= 0.6 is 0 Å². The minimum absolute atomic E-state index is 0.198. The van der Waals surface area contributed by atoms with Gasteiger partial charge in [0.1, 0.15) is 48.6 Å². The van der Waals surface area contributed by atoms with Crippen molar-refractivity contribution < 1.29 is 73.7 Å². The van der Waals surface area contributed by atoms with Gasteiger partial charge in [0, 0.05) is 25.2 Å². The van der Waals surface area contributed by atoms with Crippen LogP contribution in [-0.2, 0) is 43.1 Å². The van der Waals surface area contributed by atoms with Gasteiger partial charge in [-0.2, -0.15) is 0 Å². The van der Waals surface area contributed by atoms with Gasteiger partial charge in [-0.1, -0.05) is 19.9 Å². The summed E-state index contributed by atoms with van der Waals surface area (Å²) < 4.78 is 4.61. The predicted molar refractivity (Wildman–Crippen MR) is 191 cm³/mol. The normalized spacial score (nSPS) is 28.7. The molecule has 1 heterocycles. The van der Waals surface area contributed by atoms with Crippen molar-refractivity contribution in [2.75, 3.05) is 33.4 Å². The molecule has 24 nitrogen and oxygen atoms in total. The Morgan fingerprint density at radius 2 is 1.38 bits per heavy atom. The van der Waals surface area contributed by atoms with E-state index in [1.807, 2.05) is 0 Å². The van der Waals surface area contributed by atoms with E-state index in [4.69, 9.17) is 5.73 Å². The van der Waals surface area contributed by atoms with E-state index in [-0.39, 0.29) is 5.57 Å². The summed E-state index contributed by atoms with van der Waals surface area (Å²) in [5.41, 5.74) is 5.64. The Balaban J connectivity index is 3.81. The van der Waals surface area contributed by atoms with Gasteiger partial charge in [-0.3, -0.25) is 38.9 Å². The van der Waals surface area contributed by atoms with Crippen LogP contribution < -0.4 is 48.3 Å². The number of aliphatic hydroxyl groups is 6. The smallest absolute Gasteiger partial charge is 0.332 e. The van der Waals surface area contributed by atoms with Gasteiger partial charge < -0.3 is 78.3 Å². The third kappa shape index (κ3) is 14.4. The maximum Gasteiger partial charge on any atom is 0.332 e. The number of ether oxygens (including phenoxy) is 1. The van der Waals surface area contributed by atoms with Crippen LogP contribution in [0.4, 0.5) is 0 Å². The van der Waals surface area contributed by atoms with E-state index < -0.39 is 146 Å². The Bertz CT molecular complexity index is 1450. The predicted octanol–water partition coefficient (Wildman–Crippen LogP) is -8.86. The number of nitrogens with one attached hydrogen (secondary N) is 8. The first-order valence-corrected chi connectivity index (χ1v) is 17.4. The minimum atomic E-state index is -2.20. The van der Waals surface area contributed by atoms with Crippen molar-refractivity contribution in [1.82, 2.24) is 42.5 Å². The lowest BCUT2D eigenvalue weighted by molar-refractivity contribution is -0.150. The summed E-state index contributed by atoms with van der Waals surface area (Å²) in [6.45, 7) is 3.72. The first-order chi connectivity index (χ1) is 26.1. The molecule has 1 saturated heterocycles. The van der Waals surface area contributed by atoms with E-state index in [0.717, 1.165) is 14.0 Å². The zero-order chi connectivity index (χ0) is 43.0. The highest BCUT2D eigenvalue weighted by Gasteiger charge is 2.40. The number of methoxy groups -OCH3 is 1. The Hall–Kier alpha value is -4.82. The Morgan fingerprint density at radius 3 is 1.89 bits per heavy atom. The van der Waals surface area contributed by atoms with Crippen LogP contribution in [0.1, 0.15) is 34.6 Å². The number of rotatable bonds is 10. The number of hydrogen-bond acceptors (Lipinski definition) is 17. The fourth-order valence-electron chi connectivity index (χ4n) is 4.82. The fourth-order valence-corrected chi connectivity index (χ4v) is 4.82. The lowest BCUT2D eigenvalue weighted by Gasteiger charge is -2.32. The molecule has 318 valence electrons. The zero-order valence-electron chi connectivity index (χ0n) is 31.8. The number of carbonyl (C=O) groups excluding carboxylic acids is 8. The zero-order valence-corrected chi connectivity index (χ0v) is 31.8. The number of β-amino-alcohol motifs (C(OH)–C–C–N with tert-alkyl or cyclic N) is 1. The Labute approximate surface area is 321 Å². The average molecular weight is 806 g/mol. The van der Waals surface area contributed by atoms with E-state index in [2.05, 4.69) is 47.3 Å². The van der Waals surface area contributed by atoms with Gasteiger partial charge in [0.05, 0.1) is 25.9 Å². The van der Waals surface area contributed by atoms with Gasteiger partial charge in [-0.25, -0.2) is 4.79 Å². The number of aliphatic hydroxyl groups excluding tert-OH is 6. The molecule has 56 heavy (non-hydrogen) atoms. The molecule has 1 fully saturated rings. The molecular weight excluding hydrogens is 750 g/mol. The van der Waals surface area contributed by atoms with Gasteiger partial charge >= 0.3 is 5.97 Å². The van der Waals surface area contributed by atoms with Gasteiger partial charge in [-0.15, -0.1) is 0 Å². The van der Waals surface area contributed by atoms with E-state index in [0.29, 0.717) is 0 Å². The number of esters is 1. The summed E-state index contributed by atoms with van der Waals surface area (Å²) >= 11 is 0. The van der Waals surface area contributed by atoms with Gasteiger partial charge in [-0.05, 0) is 26.7 Å². The lowest BCUT2D eigenvalue weighted by Crippen LogP contribution is -2.66. The first-order valence-electron chi connectivity index (χ1n) is 17.4. The molecule has 0 radical (unpaired) electrons. The standard InChI is InChI=1S/C32H55N9O15/c1-7-13(4)24(47)34-9-15-25(48)37-16(11-42)26(49)38-19(12(2)3)29(52)40-21(23(46)17(44)8-33)30(53)39-20(14(5)43)28(51)35-10-18(45)27(50)41-22(31(54)36-15)32(55)56-6/h7,12,14-23,27,41-46,50H,8-11,33H2,1-6H3,(H,34,47)(H,35,51)(H,36,54)(H,37,48)(H,38,49)(H,39,53)(H,40,52)/b13-7-. The van der Waals surface area contributed by atoms with E-state index in [1.54, 1.807) is 6.92 Å². The van der Waals surface area contributed by atoms with E-state index in [1.165, 1.54) is 26.8 Å². The van der Waals surface area contributed by atoms with Crippen molar-refractivity contribution >= 4 is 47.3 Å². The van der Waals surface area contributed by atoms with Gasteiger partial charge in [0.2, 0.25) is 41.4 Å². The molecule has 7 amide bonds. The van der Waals surface area contributed by atoms with Crippen molar-refractivity contribution in [3.63, 3.8) is 0 Å². The van der Waals surface area contributed by atoms with Crippen LogP contribution in [0.25, 0.3) is 0 Å². The Kier molecular flexibility index (Phi) is 20.5. The molecule has 0 spiro atoms. The molecule has 0 saturated carbocycles. The molecule has 0 aromatic carbocycles. The van der Waals surface area contributed by atoms with Crippen molar-refractivity contribution in [2.45, 2.75) is 102 Å². The number of hydrogen-bond donors (Lipinski definition) is 15. The molecule has 0 aliphatic carbocycles. The van der Waals surface area contributed by atoms with Crippen molar-refractivity contribution in [3.05, 3.63) is 11.6 Å². The fraction of sp³-hybridized carbons (Fsp3) is 0.688. The topological polar surface area (TPSA) is 389 Å². The molecule has 16 N–H and O–H groups in total. The summed E-state index contributed by atoms with van der Waals surface area (Å²) in [5.74, 6) is -10.3. The highest BCUT2D eigenvalue weighted by atomic mass is 16.5. The average Bonchev–Trinajstić information content (AvgIpc) is 3.16. The highest BCUT2D eigenvalue weighted by Crippen LogP contribution is 2.08. The molecule has 1 aliphatic rings. The molecule has 0 aromatic rings. The molecule has 1 rings (SSSR count). The summed E-state index contributed by atoms with van der Waals surface area (Å²) in [5, 5.41) is 80.2. The van der Waals surface area contributed by atoms with Crippen molar-refractivity contribution in [2.24, 2.45) is 11.7 Å². The second-order valence-electron chi connectivity index (χ2n) is 13.1. The van der Waals surface area contributed by atoms with E-state index in [9.17, 15) is 69.0 Å². The van der Waals surface area contributed by atoms with Crippen LogP contribution in [-0.4, -0.2) is 178 Å². The number of amides is 7. The molecule has 1 aliphatic heterocycles. The minimum Gasteiger partial charge on any atom is -0.467 e. The van der Waals surface area contributed by atoms with Crippen LogP contribution in [0, 0.1) is 5.92 Å². The quantitative estimate of drug-likeness (QED) is 0.0554. The van der Waals surface area contributed by atoms with Gasteiger partial charge in [0.25, 0.3) is 0 Å². The monoisotopic (exact) mass is 805 g/mol. The second-order valence-corrected chi connectivity index (χ2v) is 13.1. The molecule has 0 bridgehead atoms. The SMILES string of the molecule is C/C=C(/C)C(=O)NCC1NC(=O)C(C(=O)OC)NC(O)C(O)CNC(=O)C(C(C)O)NC(=O)C(C(O)C(O)CN)NC(=O)C(C(C)C)NC(=O)C(CO)NC1=O. The van der Waals surface area contributed by atoms with E-state index >= 15 is 0 Å². The first kappa shape index (κ1) is 49.2. The largest absolute Gasteiger partial charge is 0.467 e. The molecule has 11 unspecified atom stereocenters. The highest BCUT2D eigenvalue weighted by molar-refractivity contribution is 6.04. The molecule has 24 heteroatoms. The lowest BCUT2D eigenvalue weighted by atomic mass is 9.99. The summed E-state index contributed by atoms with van der Waals surface area (Å²) in [6.07, 6.45) is -8.42. The summed E-state index contributed by atoms with van der Waals surface area (Å²) in [6, 6.07) is -11.3. The summed E-state index contributed by atoms with van der Waals surface area (Å²) in [4.78, 5) is 106. The van der Waals surface area contributed by atoms with Crippen LogP contribution in [0.2, 0.25) is 0 Å². The number of carbonyl (C=O) groups is 8. The van der Waals surface area contributed by atoms with Crippen molar-refractivity contribution in [3.8, 4) is 0 Å². The summed E-state index contributed by atoms with van der Waals surface area (Å²) in [7, 11) is 0.867. The molecular formula is C32H55N9O15. The van der Waals surface area contributed by atoms with Crippen LogP contribution in [0.5, 0.6) is 0 Å². The molecule has 11 atom stereocenters. The maximum absolute atomic E-state index is 13.6. The number of nitrogens with two attached hydrogens (primary N) is 1. The van der Waals surface area contributed by atoms with Gasteiger partial charge in [0.15, 0.2) is 6.04 Å². The second kappa shape index (κ2) is 23.3. The van der Waals surface area contributed by atoms with Crippen LogP contribution in [0.15, 0.2) is 11.6 Å². The Morgan fingerprint density at radius 1 is 0.839 bits per heavy atom. The maximum atomic E-state index is 13.6. The third-order valence-electron chi connectivity index (χ3n) is 8.46. The third-order valence-corrected chi connectivity index (χ3v) is 8.46. The number of allylic oxidation sites excluding steroid dienone is 1.